The Labute approximate surface area is 103 Å². The average Bonchev–Trinajstić information content (AvgIpc) is 2.25. The number of rotatable bonds is 5. The van der Waals surface area contributed by atoms with Crippen LogP contribution in [0.25, 0.3) is 0 Å². The minimum Gasteiger partial charge on any atom is -0.368 e. The highest BCUT2D eigenvalue weighted by molar-refractivity contribution is 5.77. The molecule has 1 aliphatic heterocycles. The maximum Gasteiger partial charge on any atom is 0.246 e. The Kier molecular flexibility index (Phi) is 4.80. The van der Waals surface area contributed by atoms with Crippen molar-refractivity contribution in [1.29, 1.82) is 0 Å². The molecule has 1 heterocycles. The third-order valence-corrected chi connectivity index (χ3v) is 3.98. The molecule has 1 atom stereocenters. The molecule has 0 bridgehead atoms. The van der Waals surface area contributed by atoms with Crippen molar-refractivity contribution in [2.75, 3.05) is 19.7 Å². The van der Waals surface area contributed by atoms with Gasteiger partial charge in [0.05, 0.1) is 6.10 Å². The highest BCUT2D eigenvalue weighted by atomic mass is 16.5. The summed E-state index contributed by atoms with van der Waals surface area (Å²) in [5.41, 5.74) is 0. The highest BCUT2D eigenvalue weighted by Crippen LogP contribution is 2.29. The summed E-state index contributed by atoms with van der Waals surface area (Å²) in [7, 11) is 0. The topological polar surface area (TPSA) is 50.4 Å². The third-order valence-electron chi connectivity index (χ3n) is 3.98. The van der Waals surface area contributed by atoms with Gasteiger partial charge in [0.2, 0.25) is 5.91 Å². The molecule has 4 nitrogen and oxygen atoms in total. The molecule has 17 heavy (non-hydrogen) atoms. The first-order valence-corrected chi connectivity index (χ1v) is 6.87. The lowest BCUT2D eigenvalue weighted by Gasteiger charge is -2.32. The Morgan fingerprint density at radius 3 is 2.65 bits per heavy atom. The fraction of sp³-hybridized carbons (Fsp3) is 0.923. The summed E-state index contributed by atoms with van der Waals surface area (Å²) < 4.78 is 5.62. The van der Waals surface area contributed by atoms with Crippen molar-refractivity contribution >= 4 is 5.91 Å². The van der Waals surface area contributed by atoms with Gasteiger partial charge in [-0.15, -0.1) is 0 Å². The zero-order chi connectivity index (χ0) is 12.1. The maximum atomic E-state index is 11.7. The Hall–Kier alpha value is -0.610. The van der Waals surface area contributed by atoms with E-state index in [9.17, 15) is 4.79 Å². The van der Waals surface area contributed by atoms with E-state index in [4.69, 9.17) is 4.74 Å². The monoisotopic (exact) mass is 240 g/mol. The lowest BCUT2D eigenvalue weighted by molar-refractivity contribution is -0.129. The quantitative estimate of drug-likeness (QED) is 0.755. The van der Waals surface area contributed by atoms with Crippen LogP contribution < -0.4 is 10.6 Å². The second-order valence-electron chi connectivity index (χ2n) is 5.31. The normalized spacial score (nSPS) is 24.1. The van der Waals surface area contributed by atoms with Crippen molar-refractivity contribution in [2.45, 2.75) is 51.2 Å². The zero-order valence-electron chi connectivity index (χ0n) is 10.7. The first kappa shape index (κ1) is 12.8. The van der Waals surface area contributed by atoms with Crippen molar-refractivity contribution in [1.82, 2.24) is 10.6 Å². The molecular weight excluding hydrogens is 216 g/mol. The molecule has 2 N–H and O–H groups in total. The molecule has 1 unspecified atom stereocenters. The molecule has 0 spiro atoms. The van der Waals surface area contributed by atoms with E-state index in [2.05, 4.69) is 17.6 Å². The van der Waals surface area contributed by atoms with Crippen LogP contribution in [-0.2, 0) is 9.53 Å². The molecule has 1 saturated heterocycles. The predicted molar refractivity (Wildman–Crippen MR) is 66.8 cm³/mol. The van der Waals surface area contributed by atoms with Crippen LogP contribution >= 0.6 is 0 Å². The first-order valence-electron chi connectivity index (χ1n) is 6.87. The molecule has 1 saturated carbocycles. The van der Waals surface area contributed by atoms with E-state index in [0.29, 0.717) is 12.0 Å². The molecule has 2 rings (SSSR count). The molecule has 2 fully saturated rings. The fourth-order valence-electron chi connectivity index (χ4n) is 2.51. The molecule has 1 amide bonds. The number of hydrogen-bond acceptors (Lipinski definition) is 3. The Morgan fingerprint density at radius 1 is 1.35 bits per heavy atom. The van der Waals surface area contributed by atoms with Crippen LogP contribution in [0.15, 0.2) is 0 Å². The molecule has 2 aliphatic rings. The Morgan fingerprint density at radius 2 is 2.06 bits per heavy atom. The van der Waals surface area contributed by atoms with Crippen LogP contribution in [0, 0.1) is 5.92 Å². The van der Waals surface area contributed by atoms with Gasteiger partial charge in [-0.05, 0) is 51.6 Å². The number of nitrogens with one attached hydrogen (secondary N) is 2. The van der Waals surface area contributed by atoms with E-state index in [0.717, 1.165) is 25.9 Å². The second-order valence-corrected chi connectivity index (χ2v) is 5.31. The number of hydrogen-bond donors (Lipinski definition) is 2. The molecule has 0 radical (unpaired) electrons. The summed E-state index contributed by atoms with van der Waals surface area (Å²) in [6.45, 7) is 4.34. The van der Waals surface area contributed by atoms with Gasteiger partial charge in [-0.3, -0.25) is 4.79 Å². The number of carbonyl (C=O) groups is 1. The van der Waals surface area contributed by atoms with Crippen molar-refractivity contribution in [3.8, 4) is 0 Å². The lowest BCUT2D eigenvalue weighted by atomic mass is 9.80. The van der Waals surface area contributed by atoms with Gasteiger partial charge in [-0.25, -0.2) is 0 Å². The van der Waals surface area contributed by atoms with E-state index < -0.39 is 0 Å². The van der Waals surface area contributed by atoms with Crippen LogP contribution in [0.2, 0.25) is 0 Å². The van der Waals surface area contributed by atoms with Crippen molar-refractivity contribution in [3.63, 3.8) is 0 Å². The zero-order valence-corrected chi connectivity index (χ0v) is 10.7. The van der Waals surface area contributed by atoms with Gasteiger partial charge in [-0.1, -0.05) is 6.42 Å². The van der Waals surface area contributed by atoms with Gasteiger partial charge < -0.3 is 15.4 Å². The van der Waals surface area contributed by atoms with E-state index in [1.807, 2.05) is 0 Å². The lowest BCUT2D eigenvalue weighted by Crippen LogP contribution is -2.43. The van der Waals surface area contributed by atoms with Gasteiger partial charge in [0.1, 0.15) is 6.61 Å². The van der Waals surface area contributed by atoms with Crippen LogP contribution in [0.4, 0.5) is 0 Å². The van der Waals surface area contributed by atoms with Gasteiger partial charge in [-0.2, -0.15) is 0 Å². The first-order chi connectivity index (χ1) is 8.25. The van der Waals surface area contributed by atoms with Gasteiger partial charge in [0.25, 0.3) is 0 Å². The molecule has 1 aliphatic carbocycles. The molecule has 4 heteroatoms. The van der Waals surface area contributed by atoms with Crippen molar-refractivity contribution in [3.05, 3.63) is 0 Å². The van der Waals surface area contributed by atoms with Crippen molar-refractivity contribution in [2.24, 2.45) is 5.92 Å². The minimum absolute atomic E-state index is 0.0444. The smallest absolute Gasteiger partial charge is 0.246 e. The summed E-state index contributed by atoms with van der Waals surface area (Å²) in [6.07, 6.45) is 6.14. The van der Waals surface area contributed by atoms with Crippen LogP contribution in [0.1, 0.15) is 39.0 Å². The molecule has 0 aromatic heterocycles. The average molecular weight is 240 g/mol. The fourth-order valence-corrected chi connectivity index (χ4v) is 2.51. The molecular formula is C13H24N2O2. The standard InChI is InChI=1S/C13H24N2O2/c1-10(11-3-2-4-11)15-13(16)9-17-12-5-7-14-8-6-12/h10-12,14H,2-9H2,1H3,(H,15,16). The maximum absolute atomic E-state index is 11.7. The summed E-state index contributed by atoms with van der Waals surface area (Å²) in [5, 5.41) is 6.33. The number of ether oxygens (including phenoxy) is 1. The largest absolute Gasteiger partial charge is 0.368 e. The third kappa shape index (κ3) is 3.96. The highest BCUT2D eigenvalue weighted by Gasteiger charge is 2.25. The number of piperidine rings is 1. The Balaban J connectivity index is 1.59. The van der Waals surface area contributed by atoms with Crippen LogP contribution in [0.5, 0.6) is 0 Å². The molecule has 0 aromatic rings. The van der Waals surface area contributed by atoms with Gasteiger partial charge >= 0.3 is 0 Å². The van der Waals surface area contributed by atoms with E-state index in [1.54, 1.807) is 0 Å². The summed E-state index contributed by atoms with van der Waals surface area (Å²) in [6, 6.07) is 0.313. The van der Waals surface area contributed by atoms with Crippen LogP contribution in [0.3, 0.4) is 0 Å². The SMILES string of the molecule is CC(NC(=O)COC1CCNCC1)C1CCC1. The predicted octanol–water partition coefficient (Wildman–Crippen LogP) is 1.06. The van der Waals surface area contributed by atoms with E-state index in [-0.39, 0.29) is 18.6 Å². The number of amides is 1. The van der Waals surface area contributed by atoms with Gasteiger partial charge in [0, 0.05) is 6.04 Å². The van der Waals surface area contributed by atoms with Gasteiger partial charge in [0.15, 0.2) is 0 Å². The van der Waals surface area contributed by atoms with Crippen LogP contribution in [-0.4, -0.2) is 37.7 Å². The van der Waals surface area contributed by atoms with E-state index >= 15 is 0 Å². The second kappa shape index (κ2) is 6.36. The number of carbonyl (C=O) groups excluding carboxylic acids is 1. The summed E-state index contributed by atoms with van der Waals surface area (Å²) >= 11 is 0. The molecule has 98 valence electrons. The Bertz CT molecular complexity index is 248. The van der Waals surface area contributed by atoms with Crippen molar-refractivity contribution < 1.29 is 9.53 Å². The summed E-state index contributed by atoms with van der Waals surface area (Å²) in [4.78, 5) is 11.7. The minimum atomic E-state index is 0.0444. The van der Waals surface area contributed by atoms with E-state index in [1.165, 1.54) is 19.3 Å². The summed E-state index contributed by atoms with van der Waals surface area (Å²) in [5.74, 6) is 0.737. The molecule has 0 aromatic carbocycles.